The van der Waals surface area contributed by atoms with E-state index in [0.29, 0.717) is 11.3 Å². The third kappa shape index (κ3) is 5.48. The molecule has 0 aliphatic rings. The molecule has 4 nitrogen and oxygen atoms in total. The van der Waals surface area contributed by atoms with Crippen LogP contribution in [0.2, 0.25) is 10.0 Å². The Kier molecular flexibility index (Phi) is 6.80. The van der Waals surface area contributed by atoms with Crippen LogP contribution in [0, 0.1) is 0 Å². The fraction of sp³-hybridized carbons (Fsp3) is 0. The van der Waals surface area contributed by atoms with E-state index in [0.717, 1.165) is 10.0 Å². The lowest BCUT2D eigenvalue weighted by atomic mass is 10.1. The second kappa shape index (κ2) is 9.13. The molecule has 3 aromatic carbocycles. The van der Waals surface area contributed by atoms with E-state index in [2.05, 4.69) is 20.7 Å². The van der Waals surface area contributed by atoms with E-state index >= 15 is 0 Å². The zero-order valence-electron chi connectivity index (χ0n) is 14.8. The number of halogens is 3. The number of hydrogen-bond donors (Lipinski definition) is 1. The highest BCUT2D eigenvalue weighted by Crippen LogP contribution is 2.27. The Hall–Kier alpha value is -2.12. The largest absolute Gasteiger partial charge is 0.289 e. The zero-order chi connectivity index (χ0) is 21.0. The number of carbonyl (C=O) groups excluding carboxylic acids is 1. The van der Waals surface area contributed by atoms with Gasteiger partial charge in [0.2, 0.25) is 0 Å². The van der Waals surface area contributed by atoms with Crippen molar-refractivity contribution >= 4 is 66.7 Å². The van der Waals surface area contributed by atoms with Crippen molar-refractivity contribution in [2.24, 2.45) is 0 Å². The van der Waals surface area contributed by atoms with Crippen LogP contribution in [0.1, 0.15) is 15.9 Å². The van der Waals surface area contributed by atoms with Gasteiger partial charge in [-0.15, -0.1) is 0 Å². The Morgan fingerprint density at radius 2 is 1.66 bits per heavy atom. The van der Waals surface area contributed by atoms with Crippen LogP contribution in [0.3, 0.4) is 0 Å². The van der Waals surface area contributed by atoms with Crippen molar-refractivity contribution in [1.29, 1.82) is 0 Å². The summed E-state index contributed by atoms with van der Waals surface area (Å²) in [6.45, 7) is 0. The van der Waals surface area contributed by atoms with E-state index in [-0.39, 0.29) is 20.7 Å². The number of carbonyl (C=O) groups is 1. The topological polar surface area (TPSA) is 63.2 Å². The molecule has 0 bridgehead atoms. The molecule has 8 heteroatoms. The smallest absolute Gasteiger partial charge is 0.263 e. The fourth-order valence-electron chi connectivity index (χ4n) is 2.47. The minimum absolute atomic E-state index is 0.0610. The van der Waals surface area contributed by atoms with E-state index in [1.165, 1.54) is 36.4 Å². The molecule has 0 aliphatic carbocycles. The van der Waals surface area contributed by atoms with Gasteiger partial charge in [0.15, 0.2) is 5.78 Å². The van der Waals surface area contributed by atoms with Gasteiger partial charge in [-0.05, 0) is 66.2 Å². The summed E-state index contributed by atoms with van der Waals surface area (Å²) in [7, 11) is -3.92. The van der Waals surface area contributed by atoms with Crippen LogP contribution >= 0.6 is 39.1 Å². The molecule has 148 valence electrons. The van der Waals surface area contributed by atoms with Crippen LogP contribution in [0.25, 0.3) is 6.08 Å². The van der Waals surface area contributed by atoms with Gasteiger partial charge >= 0.3 is 0 Å². The first-order chi connectivity index (χ1) is 13.8. The molecule has 0 saturated carbocycles. The van der Waals surface area contributed by atoms with Gasteiger partial charge in [-0.2, -0.15) is 0 Å². The molecule has 1 N–H and O–H groups in total. The van der Waals surface area contributed by atoms with E-state index in [4.69, 9.17) is 23.2 Å². The molecule has 0 heterocycles. The molecule has 3 rings (SSSR count). The predicted molar refractivity (Wildman–Crippen MR) is 121 cm³/mol. The van der Waals surface area contributed by atoms with Crippen LogP contribution in [0.4, 0.5) is 5.69 Å². The molecule has 29 heavy (non-hydrogen) atoms. The van der Waals surface area contributed by atoms with E-state index < -0.39 is 10.0 Å². The molecule has 0 aromatic heterocycles. The standard InChI is InChI=1S/C21H14BrCl2NO3S/c22-18-4-2-1-3-14(18)7-12-20(26)15-5-9-17(10-6-15)25-29(27,28)21-13-16(23)8-11-19(21)24/h1-13,25H/b12-7+. The maximum atomic E-state index is 12.5. The number of ketones is 1. The lowest BCUT2D eigenvalue weighted by Gasteiger charge is -2.10. The molecule has 0 atom stereocenters. The van der Waals surface area contributed by atoms with Crippen molar-refractivity contribution in [2.45, 2.75) is 4.90 Å². The van der Waals surface area contributed by atoms with Gasteiger partial charge in [0.05, 0.1) is 5.02 Å². The second-order valence-electron chi connectivity index (χ2n) is 5.98. The zero-order valence-corrected chi connectivity index (χ0v) is 18.7. The van der Waals surface area contributed by atoms with Crippen molar-refractivity contribution in [1.82, 2.24) is 0 Å². The van der Waals surface area contributed by atoms with Crippen molar-refractivity contribution in [3.63, 3.8) is 0 Å². The van der Waals surface area contributed by atoms with Crippen LogP contribution in [0.5, 0.6) is 0 Å². The van der Waals surface area contributed by atoms with Gasteiger partial charge in [0, 0.05) is 20.7 Å². The molecule has 0 saturated heterocycles. The van der Waals surface area contributed by atoms with Gasteiger partial charge in [0.25, 0.3) is 10.0 Å². The molecule has 0 aliphatic heterocycles. The normalized spacial score (nSPS) is 11.6. The molecule has 0 spiro atoms. The SMILES string of the molecule is O=C(/C=C/c1ccccc1Br)c1ccc(NS(=O)(=O)c2cc(Cl)ccc2Cl)cc1. The Labute approximate surface area is 187 Å². The summed E-state index contributed by atoms with van der Waals surface area (Å²) < 4.78 is 28.4. The van der Waals surface area contributed by atoms with E-state index in [1.807, 2.05) is 24.3 Å². The lowest BCUT2D eigenvalue weighted by molar-refractivity contribution is 0.104. The van der Waals surface area contributed by atoms with Crippen LogP contribution in [-0.4, -0.2) is 14.2 Å². The second-order valence-corrected chi connectivity index (χ2v) is 9.33. The van der Waals surface area contributed by atoms with E-state index in [1.54, 1.807) is 18.2 Å². The molecule has 0 amide bonds. The van der Waals surface area contributed by atoms with Crippen molar-refractivity contribution in [2.75, 3.05) is 4.72 Å². The predicted octanol–water partition coefficient (Wildman–Crippen LogP) is 6.45. The number of rotatable bonds is 6. The molecular weight excluding hydrogens is 497 g/mol. The summed E-state index contributed by atoms with van der Waals surface area (Å²) in [5.41, 5.74) is 1.60. The number of nitrogens with one attached hydrogen (secondary N) is 1. The summed E-state index contributed by atoms with van der Waals surface area (Å²) in [4.78, 5) is 12.2. The quantitative estimate of drug-likeness (QED) is 0.306. The lowest BCUT2D eigenvalue weighted by Crippen LogP contribution is -2.13. The average Bonchev–Trinajstić information content (AvgIpc) is 2.69. The Morgan fingerprint density at radius 3 is 2.34 bits per heavy atom. The van der Waals surface area contributed by atoms with Gasteiger partial charge < -0.3 is 0 Å². The van der Waals surface area contributed by atoms with Crippen molar-refractivity contribution in [3.8, 4) is 0 Å². The number of sulfonamides is 1. The summed E-state index contributed by atoms with van der Waals surface area (Å²) in [5, 5.41) is 0.318. The van der Waals surface area contributed by atoms with Gasteiger partial charge in [0.1, 0.15) is 4.90 Å². The first kappa shape index (κ1) is 21.6. The highest BCUT2D eigenvalue weighted by molar-refractivity contribution is 9.10. The van der Waals surface area contributed by atoms with Crippen molar-refractivity contribution < 1.29 is 13.2 Å². The molecular formula is C21H14BrCl2NO3S. The fourth-order valence-corrected chi connectivity index (χ4v) is 4.71. The monoisotopic (exact) mass is 509 g/mol. The minimum atomic E-state index is -3.92. The summed E-state index contributed by atoms with van der Waals surface area (Å²) in [6, 6.07) is 17.8. The van der Waals surface area contributed by atoms with Crippen LogP contribution in [0.15, 0.2) is 82.2 Å². The van der Waals surface area contributed by atoms with E-state index in [9.17, 15) is 13.2 Å². The number of anilines is 1. The molecule has 0 fully saturated rings. The van der Waals surface area contributed by atoms with Crippen LogP contribution in [-0.2, 0) is 10.0 Å². The number of benzene rings is 3. The minimum Gasteiger partial charge on any atom is -0.289 e. The third-order valence-corrected chi connectivity index (χ3v) is 6.74. The Morgan fingerprint density at radius 1 is 0.966 bits per heavy atom. The number of hydrogen-bond acceptors (Lipinski definition) is 3. The van der Waals surface area contributed by atoms with Gasteiger partial charge in [-0.3, -0.25) is 9.52 Å². The Balaban J connectivity index is 1.75. The van der Waals surface area contributed by atoms with Gasteiger partial charge in [-0.25, -0.2) is 8.42 Å². The van der Waals surface area contributed by atoms with Crippen LogP contribution < -0.4 is 4.72 Å². The molecule has 3 aromatic rings. The third-order valence-electron chi connectivity index (χ3n) is 3.92. The Bertz CT molecular complexity index is 1190. The van der Waals surface area contributed by atoms with Crippen molar-refractivity contribution in [3.05, 3.63) is 98.5 Å². The maximum Gasteiger partial charge on any atom is 0.263 e. The highest BCUT2D eigenvalue weighted by Gasteiger charge is 2.18. The first-order valence-corrected chi connectivity index (χ1v) is 11.3. The number of allylic oxidation sites excluding steroid dienone is 1. The summed E-state index contributed by atoms with van der Waals surface area (Å²) in [5.74, 6) is -0.201. The highest BCUT2D eigenvalue weighted by atomic mass is 79.9. The van der Waals surface area contributed by atoms with Gasteiger partial charge in [-0.1, -0.05) is 57.3 Å². The average molecular weight is 511 g/mol. The first-order valence-electron chi connectivity index (χ1n) is 8.31. The summed E-state index contributed by atoms with van der Waals surface area (Å²) >= 11 is 15.3. The molecule has 0 unspecified atom stereocenters. The molecule has 0 radical (unpaired) electrons. The maximum absolute atomic E-state index is 12.5. The summed E-state index contributed by atoms with van der Waals surface area (Å²) in [6.07, 6.45) is 3.18.